The van der Waals surface area contributed by atoms with E-state index in [2.05, 4.69) is 17.1 Å². The SMILES string of the molecule is CCc1cccc(-c2conc2C)n1. The Morgan fingerprint density at radius 3 is 2.86 bits per heavy atom. The molecule has 0 fully saturated rings. The number of hydrogen-bond donors (Lipinski definition) is 0. The van der Waals surface area contributed by atoms with Crippen LogP contribution in [0.5, 0.6) is 0 Å². The zero-order valence-corrected chi connectivity index (χ0v) is 8.32. The van der Waals surface area contributed by atoms with Crippen molar-refractivity contribution < 1.29 is 4.52 Å². The van der Waals surface area contributed by atoms with Crippen molar-refractivity contribution in [3.63, 3.8) is 0 Å². The van der Waals surface area contributed by atoms with Gasteiger partial charge < -0.3 is 4.52 Å². The zero-order chi connectivity index (χ0) is 9.97. The molecule has 0 spiro atoms. The summed E-state index contributed by atoms with van der Waals surface area (Å²) in [6.07, 6.45) is 2.58. The molecule has 0 amide bonds. The van der Waals surface area contributed by atoms with Gasteiger partial charge in [-0.05, 0) is 25.5 Å². The second-order valence-electron chi connectivity index (χ2n) is 3.18. The zero-order valence-electron chi connectivity index (χ0n) is 8.32. The number of nitrogens with zero attached hydrogens (tertiary/aromatic N) is 2. The fourth-order valence-electron chi connectivity index (χ4n) is 1.36. The van der Waals surface area contributed by atoms with Crippen LogP contribution >= 0.6 is 0 Å². The molecule has 0 unspecified atom stereocenters. The Labute approximate surface area is 82.8 Å². The van der Waals surface area contributed by atoms with E-state index < -0.39 is 0 Å². The van der Waals surface area contributed by atoms with Crippen LogP contribution in [0.4, 0.5) is 0 Å². The quantitative estimate of drug-likeness (QED) is 0.727. The molecule has 0 aromatic carbocycles. The van der Waals surface area contributed by atoms with Gasteiger partial charge in [-0.2, -0.15) is 0 Å². The molecule has 0 atom stereocenters. The Hall–Kier alpha value is -1.64. The molecule has 0 aliphatic heterocycles. The monoisotopic (exact) mass is 188 g/mol. The molecule has 3 heteroatoms. The lowest BCUT2D eigenvalue weighted by Crippen LogP contribution is -1.89. The van der Waals surface area contributed by atoms with Gasteiger partial charge in [0.2, 0.25) is 0 Å². The van der Waals surface area contributed by atoms with E-state index in [1.807, 2.05) is 25.1 Å². The molecule has 3 nitrogen and oxygen atoms in total. The Bertz CT molecular complexity index is 434. The lowest BCUT2D eigenvalue weighted by molar-refractivity contribution is 0.415. The lowest BCUT2D eigenvalue weighted by Gasteiger charge is -1.99. The van der Waals surface area contributed by atoms with Crippen LogP contribution in [0.25, 0.3) is 11.3 Å². The summed E-state index contributed by atoms with van der Waals surface area (Å²) in [6.45, 7) is 4.01. The second-order valence-corrected chi connectivity index (χ2v) is 3.18. The van der Waals surface area contributed by atoms with Gasteiger partial charge in [0, 0.05) is 5.69 Å². The van der Waals surface area contributed by atoms with Gasteiger partial charge in [0.15, 0.2) is 0 Å². The van der Waals surface area contributed by atoms with Gasteiger partial charge in [0.25, 0.3) is 0 Å². The summed E-state index contributed by atoms with van der Waals surface area (Å²) in [6, 6.07) is 6.00. The fraction of sp³-hybridized carbons (Fsp3) is 0.273. The Morgan fingerprint density at radius 1 is 1.36 bits per heavy atom. The summed E-state index contributed by atoms with van der Waals surface area (Å²) < 4.78 is 4.88. The summed E-state index contributed by atoms with van der Waals surface area (Å²) in [4.78, 5) is 4.49. The highest BCUT2D eigenvalue weighted by Gasteiger charge is 2.06. The van der Waals surface area contributed by atoms with Crippen molar-refractivity contribution in [1.29, 1.82) is 0 Å². The minimum Gasteiger partial charge on any atom is -0.364 e. The summed E-state index contributed by atoms with van der Waals surface area (Å²) in [5.41, 5.74) is 3.87. The van der Waals surface area contributed by atoms with E-state index in [0.29, 0.717) is 0 Å². The van der Waals surface area contributed by atoms with Gasteiger partial charge in [0.1, 0.15) is 6.26 Å². The van der Waals surface area contributed by atoms with E-state index in [1.165, 1.54) is 0 Å². The Kier molecular flexibility index (Phi) is 2.31. The predicted molar refractivity (Wildman–Crippen MR) is 53.8 cm³/mol. The van der Waals surface area contributed by atoms with Crippen LogP contribution in [0, 0.1) is 6.92 Å². The predicted octanol–water partition coefficient (Wildman–Crippen LogP) is 2.61. The average molecular weight is 188 g/mol. The molecule has 0 aliphatic carbocycles. The van der Waals surface area contributed by atoms with Crippen molar-refractivity contribution in [2.75, 3.05) is 0 Å². The van der Waals surface area contributed by atoms with Crippen LogP contribution < -0.4 is 0 Å². The molecule has 2 rings (SSSR count). The third-order valence-corrected chi connectivity index (χ3v) is 2.19. The molecular weight excluding hydrogens is 176 g/mol. The summed E-state index contributed by atoms with van der Waals surface area (Å²) in [7, 11) is 0. The topological polar surface area (TPSA) is 38.9 Å². The van der Waals surface area contributed by atoms with Gasteiger partial charge in [-0.15, -0.1) is 0 Å². The molecular formula is C11H12N2O. The first-order valence-corrected chi connectivity index (χ1v) is 4.68. The normalized spacial score (nSPS) is 10.4. The lowest BCUT2D eigenvalue weighted by atomic mass is 10.1. The van der Waals surface area contributed by atoms with Gasteiger partial charge in [-0.1, -0.05) is 18.1 Å². The third-order valence-electron chi connectivity index (χ3n) is 2.19. The van der Waals surface area contributed by atoms with Crippen LogP contribution in [0.3, 0.4) is 0 Å². The fourth-order valence-corrected chi connectivity index (χ4v) is 1.36. The van der Waals surface area contributed by atoms with Gasteiger partial charge in [-0.3, -0.25) is 4.98 Å². The van der Waals surface area contributed by atoms with Crippen LogP contribution in [0.1, 0.15) is 18.3 Å². The molecule has 0 radical (unpaired) electrons. The number of aryl methyl sites for hydroxylation is 2. The summed E-state index contributed by atoms with van der Waals surface area (Å²) in [5.74, 6) is 0. The largest absolute Gasteiger partial charge is 0.364 e. The van der Waals surface area contributed by atoms with Gasteiger partial charge >= 0.3 is 0 Å². The molecule has 14 heavy (non-hydrogen) atoms. The molecule has 0 bridgehead atoms. The first-order chi connectivity index (χ1) is 6.81. The van der Waals surface area contributed by atoms with Crippen molar-refractivity contribution >= 4 is 0 Å². The van der Waals surface area contributed by atoms with Crippen LogP contribution in [0.2, 0.25) is 0 Å². The summed E-state index contributed by atoms with van der Waals surface area (Å²) >= 11 is 0. The Balaban J connectivity index is 2.47. The first kappa shape index (κ1) is 8.94. The molecule has 2 aromatic heterocycles. The number of aromatic nitrogens is 2. The number of hydrogen-bond acceptors (Lipinski definition) is 3. The Morgan fingerprint density at radius 2 is 2.21 bits per heavy atom. The molecule has 0 saturated carbocycles. The van der Waals surface area contributed by atoms with E-state index in [4.69, 9.17) is 4.52 Å². The van der Waals surface area contributed by atoms with Crippen molar-refractivity contribution in [2.24, 2.45) is 0 Å². The second kappa shape index (κ2) is 3.62. The summed E-state index contributed by atoms with van der Waals surface area (Å²) in [5, 5.41) is 3.83. The van der Waals surface area contributed by atoms with Crippen LogP contribution in [-0.2, 0) is 6.42 Å². The highest BCUT2D eigenvalue weighted by Crippen LogP contribution is 2.20. The van der Waals surface area contributed by atoms with Crippen molar-refractivity contribution in [1.82, 2.24) is 10.1 Å². The molecule has 2 heterocycles. The van der Waals surface area contributed by atoms with E-state index in [9.17, 15) is 0 Å². The molecule has 2 aromatic rings. The van der Waals surface area contributed by atoms with E-state index in [0.717, 1.165) is 29.1 Å². The molecule has 0 saturated heterocycles. The van der Waals surface area contributed by atoms with Crippen LogP contribution in [0.15, 0.2) is 29.0 Å². The number of rotatable bonds is 2. The van der Waals surface area contributed by atoms with Crippen molar-refractivity contribution in [3.05, 3.63) is 35.9 Å². The maximum absolute atomic E-state index is 4.88. The molecule has 72 valence electrons. The molecule has 0 N–H and O–H groups in total. The standard InChI is InChI=1S/C11H12N2O/c1-3-9-5-4-6-11(12-9)10-7-14-13-8(10)2/h4-7H,3H2,1-2H3. The van der Waals surface area contributed by atoms with Gasteiger partial charge in [-0.25, -0.2) is 0 Å². The van der Waals surface area contributed by atoms with E-state index >= 15 is 0 Å². The third kappa shape index (κ3) is 1.53. The minimum absolute atomic E-state index is 0.880. The van der Waals surface area contributed by atoms with Gasteiger partial charge in [0.05, 0.1) is 17.0 Å². The van der Waals surface area contributed by atoms with E-state index in [1.54, 1.807) is 6.26 Å². The maximum Gasteiger partial charge on any atom is 0.133 e. The maximum atomic E-state index is 4.88. The highest BCUT2D eigenvalue weighted by atomic mass is 16.5. The molecule has 0 aliphatic rings. The van der Waals surface area contributed by atoms with Crippen LogP contribution in [-0.4, -0.2) is 10.1 Å². The first-order valence-electron chi connectivity index (χ1n) is 4.68. The number of pyridine rings is 1. The average Bonchev–Trinajstić information content (AvgIpc) is 2.65. The van der Waals surface area contributed by atoms with E-state index in [-0.39, 0.29) is 0 Å². The van der Waals surface area contributed by atoms with Crippen molar-refractivity contribution in [3.8, 4) is 11.3 Å². The minimum atomic E-state index is 0.880. The smallest absolute Gasteiger partial charge is 0.133 e. The highest BCUT2D eigenvalue weighted by molar-refractivity contribution is 5.59. The van der Waals surface area contributed by atoms with Crippen molar-refractivity contribution in [2.45, 2.75) is 20.3 Å².